The highest BCUT2D eigenvalue weighted by Crippen LogP contribution is 2.20. The summed E-state index contributed by atoms with van der Waals surface area (Å²) in [6, 6.07) is -0.419. The third-order valence-electron chi connectivity index (χ3n) is 2.30. The van der Waals surface area contributed by atoms with Gasteiger partial charge >= 0.3 is 5.97 Å². The molecule has 0 aliphatic carbocycles. The Morgan fingerprint density at radius 3 is 2.85 bits per heavy atom. The number of amides is 1. The highest BCUT2D eigenvalue weighted by Gasteiger charge is 2.36. The zero-order chi connectivity index (χ0) is 9.84. The highest BCUT2D eigenvalue weighted by atomic mass is 16.5. The van der Waals surface area contributed by atoms with Crippen molar-refractivity contribution in [2.24, 2.45) is 5.92 Å². The fourth-order valence-electron chi connectivity index (χ4n) is 1.57. The molecular weight excluding hydrogens is 170 g/mol. The van der Waals surface area contributed by atoms with Gasteiger partial charge in [-0.25, -0.2) is 4.79 Å². The summed E-state index contributed by atoms with van der Waals surface area (Å²) in [5.41, 5.74) is 0. The molecule has 1 N–H and O–H groups in total. The van der Waals surface area contributed by atoms with E-state index in [1.54, 1.807) is 6.92 Å². The Morgan fingerprint density at radius 2 is 2.31 bits per heavy atom. The molecule has 1 unspecified atom stereocenters. The number of carbonyl (C=O) groups is 2. The Hall–Kier alpha value is -1.06. The minimum Gasteiger partial charge on any atom is -0.464 e. The van der Waals surface area contributed by atoms with E-state index in [0.29, 0.717) is 13.0 Å². The van der Waals surface area contributed by atoms with Crippen LogP contribution in [0.5, 0.6) is 0 Å². The van der Waals surface area contributed by atoms with Crippen LogP contribution in [0.3, 0.4) is 0 Å². The van der Waals surface area contributed by atoms with Crippen LogP contribution in [0.4, 0.5) is 0 Å². The van der Waals surface area contributed by atoms with Gasteiger partial charge in [-0.15, -0.1) is 0 Å². The topological polar surface area (TPSA) is 55.4 Å². The molecule has 1 amide bonds. The standard InChI is InChI=1S/C9H15NO3/c1-3-6-5-7(11)10-8(6)9(12)13-4-2/h6,8H,3-5H2,1-2H3,(H,10,11)/t6?,8-/m0/s1. The Bertz CT molecular complexity index is 215. The van der Waals surface area contributed by atoms with Crippen LogP contribution >= 0.6 is 0 Å². The van der Waals surface area contributed by atoms with Crippen molar-refractivity contribution >= 4 is 11.9 Å². The molecule has 1 aliphatic heterocycles. The maximum absolute atomic E-state index is 11.3. The van der Waals surface area contributed by atoms with Crippen molar-refractivity contribution < 1.29 is 14.3 Å². The molecule has 1 aliphatic rings. The van der Waals surface area contributed by atoms with Crippen LogP contribution in [0, 0.1) is 5.92 Å². The molecule has 0 radical (unpaired) electrons. The van der Waals surface area contributed by atoms with Gasteiger partial charge in [0.25, 0.3) is 0 Å². The first-order chi connectivity index (χ1) is 6.19. The molecule has 2 atom stereocenters. The number of rotatable bonds is 3. The van der Waals surface area contributed by atoms with E-state index in [-0.39, 0.29) is 17.8 Å². The molecule has 4 heteroatoms. The summed E-state index contributed by atoms with van der Waals surface area (Å²) >= 11 is 0. The number of esters is 1. The van der Waals surface area contributed by atoms with Crippen LogP contribution in [0.2, 0.25) is 0 Å². The molecule has 0 bridgehead atoms. The molecule has 4 nitrogen and oxygen atoms in total. The summed E-state index contributed by atoms with van der Waals surface area (Å²) in [7, 11) is 0. The third-order valence-corrected chi connectivity index (χ3v) is 2.30. The summed E-state index contributed by atoms with van der Waals surface area (Å²) in [6.07, 6.45) is 1.27. The summed E-state index contributed by atoms with van der Waals surface area (Å²) in [4.78, 5) is 22.3. The van der Waals surface area contributed by atoms with Gasteiger partial charge in [-0.1, -0.05) is 13.3 Å². The van der Waals surface area contributed by atoms with E-state index in [1.807, 2.05) is 6.92 Å². The van der Waals surface area contributed by atoms with Crippen molar-refractivity contribution in [3.8, 4) is 0 Å². The maximum Gasteiger partial charge on any atom is 0.328 e. The predicted octanol–water partition coefficient (Wildman–Crippen LogP) is 0.464. The van der Waals surface area contributed by atoms with Gasteiger partial charge in [0.1, 0.15) is 6.04 Å². The highest BCUT2D eigenvalue weighted by molar-refractivity contribution is 5.88. The van der Waals surface area contributed by atoms with Crippen LogP contribution in [0.25, 0.3) is 0 Å². The second-order valence-electron chi connectivity index (χ2n) is 3.17. The Morgan fingerprint density at radius 1 is 1.62 bits per heavy atom. The third kappa shape index (κ3) is 2.20. The average molecular weight is 185 g/mol. The summed E-state index contributed by atoms with van der Waals surface area (Å²) in [6.45, 7) is 4.09. The molecule has 1 rings (SSSR count). The van der Waals surface area contributed by atoms with Crippen LogP contribution in [-0.4, -0.2) is 24.5 Å². The molecule has 1 saturated heterocycles. The van der Waals surface area contributed by atoms with Crippen molar-refractivity contribution in [1.82, 2.24) is 5.32 Å². The molecule has 1 heterocycles. The monoisotopic (exact) mass is 185 g/mol. The number of hydrogen-bond acceptors (Lipinski definition) is 3. The smallest absolute Gasteiger partial charge is 0.328 e. The minimum absolute atomic E-state index is 0.0510. The predicted molar refractivity (Wildman–Crippen MR) is 47.0 cm³/mol. The van der Waals surface area contributed by atoms with Gasteiger partial charge in [0.05, 0.1) is 6.61 Å². The molecule has 74 valence electrons. The number of nitrogens with one attached hydrogen (secondary N) is 1. The van der Waals surface area contributed by atoms with Crippen molar-refractivity contribution in [2.45, 2.75) is 32.7 Å². The fourth-order valence-corrected chi connectivity index (χ4v) is 1.57. The zero-order valence-electron chi connectivity index (χ0n) is 8.00. The first kappa shape index (κ1) is 10.0. The molecular formula is C9H15NO3. The first-order valence-electron chi connectivity index (χ1n) is 4.65. The summed E-state index contributed by atoms with van der Waals surface area (Å²) < 4.78 is 4.85. The van der Waals surface area contributed by atoms with E-state index in [1.165, 1.54) is 0 Å². The Labute approximate surface area is 77.6 Å². The zero-order valence-corrected chi connectivity index (χ0v) is 8.00. The van der Waals surface area contributed by atoms with Crippen molar-refractivity contribution in [3.63, 3.8) is 0 Å². The normalized spacial score (nSPS) is 27.1. The summed E-state index contributed by atoms with van der Waals surface area (Å²) in [5.74, 6) is -0.253. The van der Waals surface area contributed by atoms with Gasteiger partial charge in [-0.05, 0) is 12.8 Å². The van der Waals surface area contributed by atoms with Gasteiger partial charge in [-0.3, -0.25) is 4.79 Å². The van der Waals surface area contributed by atoms with Gasteiger partial charge < -0.3 is 10.1 Å². The van der Waals surface area contributed by atoms with Crippen LogP contribution < -0.4 is 5.32 Å². The lowest BCUT2D eigenvalue weighted by Gasteiger charge is -2.14. The molecule has 0 saturated carbocycles. The van der Waals surface area contributed by atoms with E-state index in [9.17, 15) is 9.59 Å². The maximum atomic E-state index is 11.3. The molecule has 1 fully saturated rings. The van der Waals surface area contributed by atoms with E-state index in [2.05, 4.69) is 5.32 Å². The fraction of sp³-hybridized carbons (Fsp3) is 0.778. The van der Waals surface area contributed by atoms with E-state index in [0.717, 1.165) is 6.42 Å². The van der Waals surface area contributed by atoms with Crippen LogP contribution in [0.1, 0.15) is 26.7 Å². The Kier molecular flexibility index (Phi) is 3.28. The van der Waals surface area contributed by atoms with Gasteiger partial charge in [-0.2, -0.15) is 0 Å². The minimum atomic E-state index is -0.419. The number of carbonyl (C=O) groups excluding carboxylic acids is 2. The molecule has 0 aromatic carbocycles. The lowest BCUT2D eigenvalue weighted by Crippen LogP contribution is -2.38. The van der Waals surface area contributed by atoms with Gasteiger partial charge in [0.15, 0.2) is 0 Å². The molecule has 13 heavy (non-hydrogen) atoms. The lowest BCUT2D eigenvalue weighted by molar-refractivity contribution is -0.146. The van der Waals surface area contributed by atoms with E-state index in [4.69, 9.17) is 4.74 Å². The van der Waals surface area contributed by atoms with Crippen molar-refractivity contribution in [1.29, 1.82) is 0 Å². The summed E-state index contributed by atoms with van der Waals surface area (Å²) in [5, 5.41) is 2.63. The van der Waals surface area contributed by atoms with Crippen molar-refractivity contribution in [3.05, 3.63) is 0 Å². The molecule has 0 aromatic heterocycles. The number of hydrogen-bond donors (Lipinski definition) is 1. The van der Waals surface area contributed by atoms with Gasteiger partial charge in [0.2, 0.25) is 5.91 Å². The van der Waals surface area contributed by atoms with Crippen LogP contribution in [0.15, 0.2) is 0 Å². The second-order valence-corrected chi connectivity index (χ2v) is 3.17. The first-order valence-corrected chi connectivity index (χ1v) is 4.65. The SMILES string of the molecule is CCOC(=O)[C@H]1NC(=O)CC1CC. The second kappa shape index (κ2) is 4.25. The Balaban J connectivity index is 2.57. The van der Waals surface area contributed by atoms with E-state index >= 15 is 0 Å². The number of ether oxygens (including phenoxy) is 1. The van der Waals surface area contributed by atoms with Crippen molar-refractivity contribution in [2.75, 3.05) is 6.61 Å². The van der Waals surface area contributed by atoms with Gasteiger partial charge in [0, 0.05) is 6.42 Å². The van der Waals surface area contributed by atoms with Crippen LogP contribution in [-0.2, 0) is 14.3 Å². The van der Waals surface area contributed by atoms with E-state index < -0.39 is 6.04 Å². The average Bonchev–Trinajstić information content (AvgIpc) is 2.47. The molecule has 0 spiro atoms. The largest absolute Gasteiger partial charge is 0.464 e. The lowest BCUT2D eigenvalue weighted by atomic mass is 9.98. The quantitative estimate of drug-likeness (QED) is 0.650. The molecule has 0 aromatic rings.